The van der Waals surface area contributed by atoms with E-state index in [1.54, 1.807) is 24.0 Å². The molecule has 0 aliphatic carbocycles. The van der Waals surface area contributed by atoms with Crippen LogP contribution in [0.4, 0.5) is 0 Å². The van der Waals surface area contributed by atoms with E-state index in [2.05, 4.69) is 20.4 Å². The number of hydrogen-bond acceptors (Lipinski definition) is 6. The molecule has 0 radical (unpaired) electrons. The van der Waals surface area contributed by atoms with Crippen molar-refractivity contribution in [2.75, 3.05) is 0 Å². The van der Waals surface area contributed by atoms with Gasteiger partial charge in [-0.05, 0) is 17.8 Å². The zero-order valence-electron chi connectivity index (χ0n) is 10.4. The molecule has 0 saturated carbocycles. The number of nitrogens with zero attached hydrogens (tertiary/aromatic N) is 5. The number of fused-ring (bicyclic) bond motifs is 1. The summed E-state index contributed by atoms with van der Waals surface area (Å²) in [4.78, 5) is 11.8. The molecule has 7 nitrogen and oxygen atoms in total. The van der Waals surface area contributed by atoms with Crippen LogP contribution in [0.2, 0.25) is 0 Å². The van der Waals surface area contributed by atoms with Gasteiger partial charge >= 0.3 is 5.97 Å². The zero-order chi connectivity index (χ0) is 14.1. The fraction of sp³-hybridized carbons (Fsp3) is 0.0833. The summed E-state index contributed by atoms with van der Waals surface area (Å²) in [7, 11) is 1.79. The van der Waals surface area contributed by atoms with Crippen molar-refractivity contribution in [1.29, 1.82) is 0 Å². The van der Waals surface area contributed by atoms with Crippen LogP contribution in [0.15, 0.2) is 40.6 Å². The van der Waals surface area contributed by atoms with Gasteiger partial charge in [-0.25, -0.2) is 4.79 Å². The summed E-state index contributed by atoms with van der Waals surface area (Å²) < 4.78 is 1.71. The molecule has 0 unspecified atom stereocenters. The summed E-state index contributed by atoms with van der Waals surface area (Å²) in [6, 6.07) is 7.26. The van der Waals surface area contributed by atoms with Crippen molar-refractivity contribution < 1.29 is 9.90 Å². The van der Waals surface area contributed by atoms with Gasteiger partial charge in [0, 0.05) is 12.4 Å². The lowest BCUT2D eigenvalue weighted by Crippen LogP contribution is -2.05. The first-order valence-electron chi connectivity index (χ1n) is 5.67. The SMILES string of the molecule is Cn1cnnc1Sc1c(C(=O)O)nnc2ccccc12. The lowest BCUT2D eigenvalue weighted by Gasteiger charge is -2.07. The number of aromatic carboxylic acids is 1. The van der Waals surface area contributed by atoms with Gasteiger partial charge in [-0.1, -0.05) is 18.2 Å². The summed E-state index contributed by atoms with van der Waals surface area (Å²) in [6.45, 7) is 0. The van der Waals surface area contributed by atoms with Crippen LogP contribution in [-0.4, -0.2) is 36.0 Å². The fourth-order valence-corrected chi connectivity index (χ4v) is 2.70. The Morgan fingerprint density at radius 1 is 1.25 bits per heavy atom. The van der Waals surface area contributed by atoms with Gasteiger partial charge in [0.05, 0.1) is 10.4 Å². The molecule has 2 aromatic heterocycles. The van der Waals surface area contributed by atoms with E-state index in [0.29, 0.717) is 15.6 Å². The Morgan fingerprint density at radius 3 is 2.75 bits per heavy atom. The Labute approximate surface area is 117 Å². The van der Waals surface area contributed by atoms with Gasteiger partial charge in [0.15, 0.2) is 10.9 Å². The molecule has 3 aromatic rings. The molecule has 100 valence electrons. The van der Waals surface area contributed by atoms with E-state index in [-0.39, 0.29) is 5.69 Å². The molecular formula is C12H9N5O2S. The second kappa shape index (κ2) is 4.89. The monoisotopic (exact) mass is 287 g/mol. The molecule has 0 atom stereocenters. The summed E-state index contributed by atoms with van der Waals surface area (Å²) in [5.74, 6) is -1.12. The first-order chi connectivity index (χ1) is 9.66. The second-order valence-electron chi connectivity index (χ2n) is 4.03. The molecule has 0 bridgehead atoms. The van der Waals surface area contributed by atoms with Gasteiger partial charge in [-0.15, -0.1) is 20.4 Å². The summed E-state index contributed by atoms with van der Waals surface area (Å²) in [5.41, 5.74) is 0.555. The molecule has 20 heavy (non-hydrogen) atoms. The first-order valence-corrected chi connectivity index (χ1v) is 6.49. The average molecular weight is 287 g/mol. The van der Waals surface area contributed by atoms with E-state index >= 15 is 0 Å². The van der Waals surface area contributed by atoms with Crippen molar-refractivity contribution in [3.8, 4) is 0 Å². The highest BCUT2D eigenvalue weighted by molar-refractivity contribution is 7.99. The largest absolute Gasteiger partial charge is 0.476 e. The molecule has 0 amide bonds. The maximum absolute atomic E-state index is 11.3. The Bertz CT molecular complexity index is 801. The third-order valence-electron chi connectivity index (χ3n) is 2.69. The third-order valence-corrected chi connectivity index (χ3v) is 3.86. The Balaban J connectivity index is 2.22. The standard InChI is InChI=1S/C12H9N5O2S/c1-17-6-13-16-12(17)20-10-7-4-2-3-5-8(7)14-15-9(10)11(18)19/h2-6H,1H3,(H,18,19). The lowest BCUT2D eigenvalue weighted by atomic mass is 10.2. The molecular weight excluding hydrogens is 278 g/mol. The smallest absolute Gasteiger partial charge is 0.357 e. The number of rotatable bonds is 3. The van der Waals surface area contributed by atoms with Gasteiger partial charge in [0.1, 0.15) is 6.33 Å². The van der Waals surface area contributed by atoms with Crippen LogP contribution in [0.3, 0.4) is 0 Å². The highest BCUT2D eigenvalue weighted by atomic mass is 32.2. The Kier molecular flexibility index (Phi) is 3.07. The fourth-order valence-electron chi connectivity index (χ4n) is 1.73. The van der Waals surface area contributed by atoms with Gasteiger partial charge in [-0.3, -0.25) is 0 Å². The second-order valence-corrected chi connectivity index (χ2v) is 5.00. The quantitative estimate of drug-likeness (QED) is 0.782. The molecule has 3 rings (SSSR count). The predicted octanol–water partition coefficient (Wildman–Crippen LogP) is 1.61. The van der Waals surface area contributed by atoms with E-state index in [9.17, 15) is 9.90 Å². The molecule has 0 aliphatic rings. The minimum atomic E-state index is -1.12. The Morgan fingerprint density at radius 2 is 2.05 bits per heavy atom. The average Bonchev–Trinajstić information content (AvgIpc) is 2.84. The van der Waals surface area contributed by atoms with Crippen LogP contribution >= 0.6 is 11.8 Å². The number of hydrogen-bond donors (Lipinski definition) is 1. The van der Waals surface area contributed by atoms with Crippen LogP contribution in [0, 0.1) is 0 Å². The molecule has 1 aromatic carbocycles. The highest BCUT2D eigenvalue weighted by Gasteiger charge is 2.19. The van der Waals surface area contributed by atoms with E-state index < -0.39 is 5.97 Å². The van der Waals surface area contributed by atoms with Crippen molar-refractivity contribution in [1.82, 2.24) is 25.0 Å². The van der Waals surface area contributed by atoms with Crippen molar-refractivity contribution in [3.63, 3.8) is 0 Å². The minimum Gasteiger partial charge on any atom is -0.476 e. The summed E-state index contributed by atoms with van der Waals surface area (Å²) >= 11 is 1.21. The predicted molar refractivity (Wildman–Crippen MR) is 71.6 cm³/mol. The van der Waals surface area contributed by atoms with Crippen LogP contribution in [0.25, 0.3) is 10.9 Å². The minimum absolute atomic E-state index is 0.0864. The van der Waals surface area contributed by atoms with Crippen LogP contribution in [0.1, 0.15) is 10.5 Å². The molecule has 0 saturated heterocycles. The van der Waals surface area contributed by atoms with E-state index in [1.807, 2.05) is 18.2 Å². The maximum Gasteiger partial charge on any atom is 0.357 e. The third kappa shape index (κ3) is 2.10. The number of carboxylic acids is 1. The molecule has 2 heterocycles. The van der Waals surface area contributed by atoms with Crippen LogP contribution in [-0.2, 0) is 7.05 Å². The first kappa shape index (κ1) is 12.5. The van der Waals surface area contributed by atoms with Crippen LogP contribution < -0.4 is 0 Å². The number of benzene rings is 1. The molecule has 0 aliphatic heterocycles. The van der Waals surface area contributed by atoms with Gasteiger partial charge in [0.25, 0.3) is 0 Å². The molecule has 8 heteroatoms. The van der Waals surface area contributed by atoms with Gasteiger partial charge in [0.2, 0.25) is 0 Å². The van der Waals surface area contributed by atoms with Crippen molar-refractivity contribution in [2.24, 2.45) is 7.05 Å². The topological polar surface area (TPSA) is 93.8 Å². The van der Waals surface area contributed by atoms with Crippen LogP contribution in [0.5, 0.6) is 0 Å². The van der Waals surface area contributed by atoms with Crippen molar-refractivity contribution in [2.45, 2.75) is 10.1 Å². The van der Waals surface area contributed by atoms with E-state index in [0.717, 1.165) is 5.39 Å². The highest BCUT2D eigenvalue weighted by Crippen LogP contribution is 2.33. The normalized spacial score (nSPS) is 10.8. The number of aromatic nitrogens is 5. The van der Waals surface area contributed by atoms with Crippen molar-refractivity contribution in [3.05, 3.63) is 36.3 Å². The number of carboxylic acid groups (broad SMARTS) is 1. The molecule has 1 N–H and O–H groups in total. The number of carbonyl (C=O) groups is 1. The molecule has 0 spiro atoms. The summed E-state index contributed by atoms with van der Waals surface area (Å²) in [6.07, 6.45) is 1.56. The van der Waals surface area contributed by atoms with E-state index in [4.69, 9.17) is 0 Å². The van der Waals surface area contributed by atoms with E-state index in [1.165, 1.54) is 11.8 Å². The van der Waals surface area contributed by atoms with Gasteiger partial charge < -0.3 is 9.67 Å². The van der Waals surface area contributed by atoms with Crippen molar-refractivity contribution >= 4 is 28.6 Å². The lowest BCUT2D eigenvalue weighted by molar-refractivity contribution is 0.0685. The Hall–Kier alpha value is -2.48. The summed E-state index contributed by atoms with van der Waals surface area (Å²) in [5, 5.41) is 26.0. The number of aryl methyl sites for hydroxylation is 1. The molecule has 0 fully saturated rings. The van der Waals surface area contributed by atoms with Gasteiger partial charge in [-0.2, -0.15) is 0 Å². The maximum atomic E-state index is 11.3. The zero-order valence-corrected chi connectivity index (χ0v) is 11.2.